The Labute approximate surface area is 128 Å². The van der Waals surface area contributed by atoms with Crippen molar-refractivity contribution in [2.45, 2.75) is 32.4 Å². The van der Waals surface area contributed by atoms with Gasteiger partial charge in [-0.15, -0.1) is 0 Å². The minimum Gasteiger partial charge on any atom is -0.496 e. The van der Waals surface area contributed by atoms with E-state index in [1.807, 2.05) is 12.1 Å². The van der Waals surface area contributed by atoms with Gasteiger partial charge in [0.05, 0.1) is 20.3 Å². The van der Waals surface area contributed by atoms with Gasteiger partial charge >= 0.3 is 0 Å². The summed E-state index contributed by atoms with van der Waals surface area (Å²) in [4.78, 5) is 2.49. The van der Waals surface area contributed by atoms with E-state index < -0.39 is 0 Å². The van der Waals surface area contributed by atoms with Crippen LogP contribution in [0.1, 0.15) is 19.4 Å². The first-order valence-corrected chi connectivity index (χ1v) is 7.87. The maximum absolute atomic E-state index is 5.42. The Hall–Kier alpha value is -1.10. The van der Waals surface area contributed by atoms with Gasteiger partial charge in [-0.2, -0.15) is 0 Å². The number of nitrogens with one attached hydrogen (secondary N) is 1. The van der Waals surface area contributed by atoms with E-state index in [-0.39, 0.29) is 0 Å². The molecule has 1 aromatic rings. The molecule has 4 heteroatoms. The van der Waals surface area contributed by atoms with Crippen LogP contribution in [0.4, 0.5) is 0 Å². The van der Waals surface area contributed by atoms with Crippen molar-refractivity contribution in [3.63, 3.8) is 0 Å². The Kier molecular flexibility index (Phi) is 6.49. The van der Waals surface area contributed by atoms with Gasteiger partial charge in [-0.05, 0) is 31.9 Å². The molecule has 2 atom stereocenters. The second kappa shape index (κ2) is 8.37. The smallest absolute Gasteiger partial charge is 0.122 e. The SMILES string of the molecule is COc1ccccc1CC(C)NCC(C)N1CCOCC1. The van der Waals surface area contributed by atoms with Crippen molar-refractivity contribution in [1.82, 2.24) is 10.2 Å². The summed E-state index contributed by atoms with van der Waals surface area (Å²) in [5, 5.41) is 3.64. The summed E-state index contributed by atoms with van der Waals surface area (Å²) >= 11 is 0. The third kappa shape index (κ3) is 4.99. The number of para-hydroxylation sites is 1. The maximum Gasteiger partial charge on any atom is 0.122 e. The Bertz CT molecular complexity index is 419. The molecule has 1 aromatic carbocycles. The normalized spacial score (nSPS) is 19.2. The van der Waals surface area contributed by atoms with Crippen LogP contribution in [-0.4, -0.2) is 56.9 Å². The topological polar surface area (TPSA) is 33.7 Å². The summed E-state index contributed by atoms with van der Waals surface area (Å²) in [5.74, 6) is 0.979. The third-order valence-corrected chi connectivity index (χ3v) is 4.15. The van der Waals surface area contributed by atoms with Crippen LogP contribution in [0.15, 0.2) is 24.3 Å². The number of ether oxygens (including phenoxy) is 2. The van der Waals surface area contributed by atoms with Crippen LogP contribution in [-0.2, 0) is 11.2 Å². The molecule has 0 bridgehead atoms. The van der Waals surface area contributed by atoms with Crippen molar-refractivity contribution in [3.05, 3.63) is 29.8 Å². The quantitative estimate of drug-likeness (QED) is 0.833. The number of methoxy groups -OCH3 is 1. The van der Waals surface area contributed by atoms with Crippen molar-refractivity contribution in [3.8, 4) is 5.75 Å². The summed E-state index contributed by atoms with van der Waals surface area (Å²) in [6.45, 7) is 9.35. The van der Waals surface area contributed by atoms with Crippen molar-refractivity contribution < 1.29 is 9.47 Å². The Morgan fingerprint density at radius 1 is 1.24 bits per heavy atom. The molecule has 0 radical (unpaired) electrons. The van der Waals surface area contributed by atoms with Gasteiger partial charge in [-0.1, -0.05) is 18.2 Å². The lowest BCUT2D eigenvalue weighted by Gasteiger charge is -2.33. The maximum atomic E-state index is 5.42. The first kappa shape index (κ1) is 16.3. The van der Waals surface area contributed by atoms with Crippen molar-refractivity contribution in [1.29, 1.82) is 0 Å². The van der Waals surface area contributed by atoms with Crippen LogP contribution in [0.5, 0.6) is 5.75 Å². The van der Waals surface area contributed by atoms with Gasteiger partial charge < -0.3 is 14.8 Å². The van der Waals surface area contributed by atoms with E-state index >= 15 is 0 Å². The van der Waals surface area contributed by atoms with Gasteiger partial charge in [0.15, 0.2) is 0 Å². The average Bonchev–Trinajstić information content (AvgIpc) is 2.54. The highest BCUT2D eigenvalue weighted by atomic mass is 16.5. The summed E-state index contributed by atoms with van der Waals surface area (Å²) in [6, 6.07) is 9.24. The molecule has 1 fully saturated rings. The summed E-state index contributed by atoms with van der Waals surface area (Å²) in [6.07, 6.45) is 0.986. The zero-order chi connectivity index (χ0) is 15.1. The lowest BCUT2D eigenvalue weighted by atomic mass is 10.1. The molecule has 0 saturated carbocycles. The predicted molar refractivity (Wildman–Crippen MR) is 86.0 cm³/mol. The lowest BCUT2D eigenvalue weighted by Crippen LogP contribution is -2.47. The van der Waals surface area contributed by atoms with Crippen molar-refractivity contribution >= 4 is 0 Å². The molecule has 1 aliphatic rings. The van der Waals surface area contributed by atoms with E-state index in [4.69, 9.17) is 9.47 Å². The van der Waals surface area contributed by atoms with Gasteiger partial charge in [0.25, 0.3) is 0 Å². The Morgan fingerprint density at radius 3 is 2.67 bits per heavy atom. The lowest BCUT2D eigenvalue weighted by molar-refractivity contribution is 0.0200. The summed E-state index contributed by atoms with van der Waals surface area (Å²) < 4.78 is 10.8. The van der Waals surface area contributed by atoms with Crippen LogP contribution < -0.4 is 10.1 Å². The Balaban J connectivity index is 1.77. The third-order valence-electron chi connectivity index (χ3n) is 4.15. The summed E-state index contributed by atoms with van der Waals surface area (Å²) in [7, 11) is 1.73. The molecule has 1 heterocycles. The summed E-state index contributed by atoms with van der Waals surface area (Å²) in [5.41, 5.74) is 1.26. The van der Waals surface area contributed by atoms with Gasteiger partial charge in [-0.25, -0.2) is 0 Å². The van der Waals surface area contributed by atoms with Crippen molar-refractivity contribution in [2.75, 3.05) is 40.0 Å². The number of hydrogen-bond acceptors (Lipinski definition) is 4. The minimum atomic E-state index is 0.435. The molecular formula is C17H28N2O2. The first-order chi connectivity index (χ1) is 10.2. The van der Waals surface area contributed by atoms with E-state index in [0.29, 0.717) is 12.1 Å². The molecule has 1 aliphatic heterocycles. The van der Waals surface area contributed by atoms with Gasteiger partial charge in [0.1, 0.15) is 5.75 Å². The predicted octanol–water partition coefficient (Wildman–Crippen LogP) is 1.94. The zero-order valence-corrected chi connectivity index (χ0v) is 13.5. The number of rotatable bonds is 7. The van der Waals surface area contributed by atoms with Crippen LogP contribution in [0.3, 0.4) is 0 Å². The number of morpholine rings is 1. The van der Waals surface area contributed by atoms with E-state index in [0.717, 1.165) is 45.0 Å². The number of benzene rings is 1. The second-order valence-corrected chi connectivity index (χ2v) is 5.82. The standard InChI is InChI=1S/C17H28N2O2/c1-14(12-16-6-4-5-7-17(16)20-3)18-13-15(2)19-8-10-21-11-9-19/h4-7,14-15,18H,8-13H2,1-3H3. The van der Waals surface area contributed by atoms with Crippen molar-refractivity contribution in [2.24, 2.45) is 0 Å². The fourth-order valence-electron chi connectivity index (χ4n) is 2.79. The molecule has 0 amide bonds. The van der Waals surface area contributed by atoms with Crippen LogP contribution in [0.2, 0.25) is 0 Å². The monoisotopic (exact) mass is 292 g/mol. The highest BCUT2D eigenvalue weighted by Crippen LogP contribution is 2.18. The van der Waals surface area contributed by atoms with E-state index in [1.165, 1.54) is 5.56 Å². The van der Waals surface area contributed by atoms with E-state index in [1.54, 1.807) is 7.11 Å². The second-order valence-electron chi connectivity index (χ2n) is 5.82. The zero-order valence-electron chi connectivity index (χ0n) is 13.5. The first-order valence-electron chi connectivity index (χ1n) is 7.87. The van der Waals surface area contributed by atoms with Crippen LogP contribution >= 0.6 is 0 Å². The molecule has 2 rings (SSSR count). The molecular weight excluding hydrogens is 264 g/mol. The molecule has 1 saturated heterocycles. The van der Waals surface area contributed by atoms with Gasteiger partial charge in [0.2, 0.25) is 0 Å². The molecule has 0 spiro atoms. The molecule has 118 valence electrons. The number of hydrogen-bond donors (Lipinski definition) is 1. The van der Waals surface area contributed by atoms with Gasteiger partial charge in [0, 0.05) is 31.7 Å². The van der Waals surface area contributed by atoms with Crippen LogP contribution in [0.25, 0.3) is 0 Å². The molecule has 0 aromatic heterocycles. The molecule has 4 nitrogen and oxygen atoms in total. The largest absolute Gasteiger partial charge is 0.496 e. The fourth-order valence-corrected chi connectivity index (χ4v) is 2.79. The average molecular weight is 292 g/mol. The van der Waals surface area contributed by atoms with Crippen LogP contribution in [0, 0.1) is 0 Å². The highest BCUT2D eigenvalue weighted by molar-refractivity contribution is 5.33. The number of nitrogens with zero attached hydrogens (tertiary/aromatic N) is 1. The minimum absolute atomic E-state index is 0.435. The van der Waals surface area contributed by atoms with E-state index in [9.17, 15) is 0 Å². The molecule has 2 unspecified atom stereocenters. The molecule has 0 aliphatic carbocycles. The molecule has 21 heavy (non-hydrogen) atoms. The highest BCUT2D eigenvalue weighted by Gasteiger charge is 2.17. The Morgan fingerprint density at radius 2 is 1.95 bits per heavy atom. The fraction of sp³-hybridized carbons (Fsp3) is 0.647. The molecule has 1 N–H and O–H groups in total. The van der Waals surface area contributed by atoms with E-state index in [2.05, 4.69) is 36.2 Å². The van der Waals surface area contributed by atoms with Gasteiger partial charge in [-0.3, -0.25) is 4.90 Å².